The number of hydrogen-bond acceptors (Lipinski definition) is 3. The van der Waals surface area contributed by atoms with Crippen LogP contribution in [0, 0.1) is 5.41 Å². The fourth-order valence-corrected chi connectivity index (χ4v) is 2.85. The molecule has 0 aromatic heterocycles. The average Bonchev–Trinajstić information content (AvgIpc) is 2.40. The van der Waals surface area contributed by atoms with E-state index in [0.717, 1.165) is 25.7 Å². The third-order valence-corrected chi connectivity index (χ3v) is 4.05. The number of nitrogens with zero attached hydrogens (tertiary/aromatic N) is 2. The van der Waals surface area contributed by atoms with Crippen LogP contribution in [0.1, 0.15) is 39.5 Å². The standard InChI is InChI=1S/C14H27N3O2/c1-4-6-14(11-15,7-5-2)13(19)17-9-8-16(3)12(18)10-17/h4-11,15H2,1-3H3. The summed E-state index contributed by atoms with van der Waals surface area (Å²) in [6.45, 7) is 5.95. The lowest BCUT2D eigenvalue weighted by Crippen LogP contribution is -2.56. The first kappa shape index (κ1) is 16.0. The van der Waals surface area contributed by atoms with Gasteiger partial charge >= 0.3 is 0 Å². The Morgan fingerprint density at radius 3 is 2.26 bits per heavy atom. The van der Waals surface area contributed by atoms with Gasteiger partial charge in [-0.2, -0.15) is 0 Å². The highest BCUT2D eigenvalue weighted by Gasteiger charge is 2.40. The van der Waals surface area contributed by atoms with Gasteiger partial charge < -0.3 is 15.5 Å². The monoisotopic (exact) mass is 269 g/mol. The first-order valence-electron chi connectivity index (χ1n) is 7.24. The van der Waals surface area contributed by atoms with Crippen molar-refractivity contribution in [1.82, 2.24) is 9.80 Å². The molecule has 0 unspecified atom stereocenters. The van der Waals surface area contributed by atoms with Gasteiger partial charge in [0.1, 0.15) is 0 Å². The maximum atomic E-state index is 12.8. The third-order valence-electron chi connectivity index (χ3n) is 4.05. The minimum atomic E-state index is -0.473. The maximum Gasteiger partial charge on any atom is 0.241 e. The molecule has 0 bridgehead atoms. The van der Waals surface area contributed by atoms with Crippen molar-refractivity contribution in [3.63, 3.8) is 0 Å². The van der Waals surface area contributed by atoms with Gasteiger partial charge in [-0.1, -0.05) is 26.7 Å². The Bertz CT molecular complexity index is 325. The zero-order valence-electron chi connectivity index (χ0n) is 12.4. The molecule has 0 saturated carbocycles. The van der Waals surface area contributed by atoms with Crippen molar-refractivity contribution in [2.75, 3.05) is 33.2 Å². The summed E-state index contributed by atoms with van der Waals surface area (Å²) in [5.74, 6) is 0.0821. The SMILES string of the molecule is CCCC(CN)(CCC)C(=O)N1CCN(C)C(=O)C1. The van der Waals surface area contributed by atoms with E-state index >= 15 is 0 Å². The molecule has 0 aromatic rings. The summed E-state index contributed by atoms with van der Waals surface area (Å²) in [5, 5.41) is 0. The molecule has 110 valence electrons. The Hall–Kier alpha value is -1.10. The van der Waals surface area contributed by atoms with E-state index in [1.165, 1.54) is 0 Å². The van der Waals surface area contributed by atoms with Gasteiger partial charge in [0, 0.05) is 26.7 Å². The number of rotatable bonds is 6. The second-order valence-electron chi connectivity index (χ2n) is 5.53. The molecule has 19 heavy (non-hydrogen) atoms. The van der Waals surface area contributed by atoms with Gasteiger partial charge in [0.25, 0.3) is 0 Å². The molecule has 1 saturated heterocycles. The molecule has 2 amide bonds. The van der Waals surface area contributed by atoms with Crippen LogP contribution in [0.4, 0.5) is 0 Å². The minimum Gasteiger partial charge on any atom is -0.342 e. The lowest BCUT2D eigenvalue weighted by Gasteiger charge is -2.39. The quantitative estimate of drug-likeness (QED) is 0.777. The van der Waals surface area contributed by atoms with E-state index < -0.39 is 5.41 Å². The van der Waals surface area contributed by atoms with Crippen molar-refractivity contribution in [2.45, 2.75) is 39.5 Å². The van der Waals surface area contributed by atoms with Crippen LogP contribution in [0.5, 0.6) is 0 Å². The number of piperazine rings is 1. The maximum absolute atomic E-state index is 12.8. The van der Waals surface area contributed by atoms with Crippen LogP contribution in [-0.2, 0) is 9.59 Å². The Morgan fingerprint density at radius 1 is 1.26 bits per heavy atom. The van der Waals surface area contributed by atoms with Crippen molar-refractivity contribution < 1.29 is 9.59 Å². The van der Waals surface area contributed by atoms with Gasteiger partial charge in [0.05, 0.1) is 12.0 Å². The Kier molecular flexibility index (Phi) is 5.79. The number of carbonyl (C=O) groups excluding carboxylic acids is 2. The predicted octanol–water partition coefficient (Wildman–Crippen LogP) is 0.832. The van der Waals surface area contributed by atoms with Gasteiger partial charge in [-0.3, -0.25) is 9.59 Å². The van der Waals surface area contributed by atoms with Gasteiger partial charge in [-0.25, -0.2) is 0 Å². The minimum absolute atomic E-state index is 0.0125. The number of amides is 2. The van der Waals surface area contributed by atoms with Crippen LogP contribution >= 0.6 is 0 Å². The van der Waals surface area contributed by atoms with E-state index in [0.29, 0.717) is 19.6 Å². The molecule has 0 aromatic carbocycles. The van der Waals surface area contributed by atoms with Crippen LogP contribution in [0.15, 0.2) is 0 Å². The van der Waals surface area contributed by atoms with Gasteiger partial charge in [0.2, 0.25) is 11.8 Å². The predicted molar refractivity (Wildman–Crippen MR) is 75.5 cm³/mol. The summed E-state index contributed by atoms with van der Waals surface area (Å²) in [7, 11) is 1.78. The molecule has 0 aliphatic carbocycles. The topological polar surface area (TPSA) is 66.6 Å². The molecule has 1 heterocycles. The number of likely N-dealkylation sites (N-methyl/N-ethyl adjacent to an activating group) is 1. The molecule has 0 atom stereocenters. The fourth-order valence-electron chi connectivity index (χ4n) is 2.85. The van der Waals surface area contributed by atoms with Crippen molar-refractivity contribution in [3.05, 3.63) is 0 Å². The summed E-state index contributed by atoms with van der Waals surface area (Å²) in [6.07, 6.45) is 3.47. The zero-order valence-corrected chi connectivity index (χ0v) is 12.4. The first-order valence-corrected chi connectivity index (χ1v) is 7.24. The molecule has 1 rings (SSSR count). The van der Waals surface area contributed by atoms with Crippen molar-refractivity contribution in [1.29, 1.82) is 0 Å². The third kappa shape index (κ3) is 3.47. The van der Waals surface area contributed by atoms with E-state index in [9.17, 15) is 9.59 Å². The highest BCUT2D eigenvalue weighted by atomic mass is 16.2. The van der Waals surface area contributed by atoms with Crippen LogP contribution in [0.2, 0.25) is 0 Å². The van der Waals surface area contributed by atoms with Crippen molar-refractivity contribution in [2.24, 2.45) is 11.1 Å². The van der Waals surface area contributed by atoms with Crippen molar-refractivity contribution >= 4 is 11.8 Å². The summed E-state index contributed by atoms with van der Waals surface area (Å²) < 4.78 is 0. The zero-order chi connectivity index (χ0) is 14.5. The van der Waals surface area contributed by atoms with E-state index in [2.05, 4.69) is 13.8 Å². The second kappa shape index (κ2) is 6.89. The Balaban J connectivity index is 2.84. The Morgan fingerprint density at radius 2 is 1.84 bits per heavy atom. The van der Waals surface area contributed by atoms with Crippen LogP contribution in [-0.4, -0.2) is 54.8 Å². The molecule has 1 fully saturated rings. The van der Waals surface area contributed by atoms with Crippen LogP contribution < -0.4 is 5.73 Å². The van der Waals surface area contributed by atoms with E-state index in [1.807, 2.05) is 0 Å². The average molecular weight is 269 g/mol. The highest BCUT2D eigenvalue weighted by Crippen LogP contribution is 2.31. The molecule has 2 N–H and O–H groups in total. The number of carbonyl (C=O) groups is 2. The summed E-state index contributed by atoms with van der Waals surface area (Å²) in [4.78, 5) is 27.9. The molecule has 1 aliphatic rings. The fraction of sp³-hybridized carbons (Fsp3) is 0.857. The summed E-state index contributed by atoms with van der Waals surface area (Å²) in [6, 6.07) is 0. The molecule has 0 spiro atoms. The normalized spacial score (nSPS) is 16.9. The lowest BCUT2D eigenvalue weighted by molar-refractivity contribution is -0.151. The highest BCUT2D eigenvalue weighted by molar-refractivity contribution is 5.89. The molecular formula is C14H27N3O2. The summed E-state index contributed by atoms with van der Waals surface area (Å²) in [5.41, 5.74) is 5.43. The lowest BCUT2D eigenvalue weighted by atomic mass is 9.77. The Labute approximate surface area is 116 Å². The van der Waals surface area contributed by atoms with E-state index in [-0.39, 0.29) is 18.4 Å². The van der Waals surface area contributed by atoms with Gasteiger partial charge in [-0.05, 0) is 12.8 Å². The molecule has 0 radical (unpaired) electrons. The second-order valence-corrected chi connectivity index (χ2v) is 5.53. The van der Waals surface area contributed by atoms with Gasteiger partial charge in [-0.15, -0.1) is 0 Å². The van der Waals surface area contributed by atoms with Crippen LogP contribution in [0.3, 0.4) is 0 Å². The molecule has 5 heteroatoms. The molecule has 5 nitrogen and oxygen atoms in total. The molecular weight excluding hydrogens is 242 g/mol. The summed E-state index contributed by atoms with van der Waals surface area (Å²) >= 11 is 0. The largest absolute Gasteiger partial charge is 0.342 e. The van der Waals surface area contributed by atoms with Crippen molar-refractivity contribution in [3.8, 4) is 0 Å². The number of hydrogen-bond donors (Lipinski definition) is 1. The smallest absolute Gasteiger partial charge is 0.241 e. The van der Waals surface area contributed by atoms with Crippen LogP contribution in [0.25, 0.3) is 0 Å². The van der Waals surface area contributed by atoms with E-state index in [4.69, 9.17) is 5.73 Å². The molecule has 1 aliphatic heterocycles. The van der Waals surface area contributed by atoms with E-state index in [1.54, 1.807) is 16.8 Å². The number of nitrogens with two attached hydrogens (primary N) is 1. The first-order chi connectivity index (χ1) is 9.00. The van der Waals surface area contributed by atoms with Gasteiger partial charge in [0.15, 0.2) is 0 Å².